The molecule has 3 nitrogen and oxygen atoms in total. The lowest BCUT2D eigenvalue weighted by atomic mass is 9.91. The van der Waals surface area contributed by atoms with Crippen molar-refractivity contribution in [1.29, 1.82) is 5.26 Å². The number of hydrogen-bond acceptors (Lipinski definition) is 3. The van der Waals surface area contributed by atoms with Crippen LogP contribution in [0.4, 0.5) is 0 Å². The second kappa shape index (κ2) is 10.1. The fourth-order valence-corrected chi connectivity index (χ4v) is 6.01. The van der Waals surface area contributed by atoms with Gasteiger partial charge in [0.1, 0.15) is 5.52 Å². The van der Waals surface area contributed by atoms with E-state index in [1.807, 2.05) is 42.5 Å². The molecule has 7 aromatic carbocycles. The van der Waals surface area contributed by atoms with Crippen LogP contribution in [-0.4, -0.2) is 4.98 Å². The Kier molecular flexibility index (Phi) is 5.84. The van der Waals surface area contributed by atoms with E-state index in [9.17, 15) is 5.26 Å². The lowest BCUT2D eigenvalue weighted by molar-refractivity contribution is 0.620. The molecule has 0 amide bonds. The SMILES string of the molecule is N#Cc1cccc(-c2cc(-c3cc4ccccc4c4ccccc34)cc3oc(-c4ccc(-c5ccccc5)cc4)nc23)c1. The smallest absolute Gasteiger partial charge is 0.227 e. The van der Waals surface area contributed by atoms with E-state index < -0.39 is 0 Å². The van der Waals surface area contributed by atoms with E-state index in [0.717, 1.165) is 38.9 Å². The summed E-state index contributed by atoms with van der Waals surface area (Å²) in [6, 6.07) is 52.2. The first-order valence-electron chi connectivity index (χ1n) is 14.3. The third kappa shape index (κ3) is 4.34. The first kappa shape index (κ1) is 24.8. The molecular formula is C40H24N2O. The van der Waals surface area contributed by atoms with Crippen molar-refractivity contribution in [1.82, 2.24) is 4.98 Å². The van der Waals surface area contributed by atoms with E-state index in [2.05, 4.69) is 109 Å². The molecule has 0 unspecified atom stereocenters. The van der Waals surface area contributed by atoms with Crippen LogP contribution in [0.3, 0.4) is 0 Å². The molecule has 0 aliphatic carbocycles. The van der Waals surface area contributed by atoms with Gasteiger partial charge in [-0.3, -0.25) is 0 Å². The predicted octanol–water partition coefficient (Wildman–Crippen LogP) is 10.7. The van der Waals surface area contributed by atoms with Crippen LogP contribution in [0.5, 0.6) is 0 Å². The van der Waals surface area contributed by atoms with Crippen molar-refractivity contribution in [2.75, 3.05) is 0 Å². The van der Waals surface area contributed by atoms with E-state index in [1.165, 1.54) is 27.1 Å². The Morgan fingerprint density at radius 3 is 1.98 bits per heavy atom. The minimum atomic E-state index is 0.563. The normalized spacial score (nSPS) is 11.2. The van der Waals surface area contributed by atoms with Crippen molar-refractivity contribution in [3.05, 3.63) is 151 Å². The molecule has 0 aliphatic rings. The molecule has 8 rings (SSSR count). The van der Waals surface area contributed by atoms with E-state index in [4.69, 9.17) is 9.40 Å². The molecule has 0 spiro atoms. The third-order valence-electron chi connectivity index (χ3n) is 8.12. The number of hydrogen-bond donors (Lipinski definition) is 0. The Morgan fingerprint density at radius 1 is 0.488 bits per heavy atom. The average molecular weight is 549 g/mol. The number of rotatable bonds is 4. The summed E-state index contributed by atoms with van der Waals surface area (Å²) in [6.07, 6.45) is 0. The van der Waals surface area contributed by atoms with E-state index in [-0.39, 0.29) is 0 Å². The number of nitrogens with zero attached hydrogens (tertiary/aromatic N) is 2. The lowest BCUT2D eigenvalue weighted by Crippen LogP contribution is -1.88. The van der Waals surface area contributed by atoms with Gasteiger partial charge in [-0.15, -0.1) is 0 Å². The van der Waals surface area contributed by atoms with Gasteiger partial charge in [0.25, 0.3) is 0 Å². The molecule has 0 aliphatic heterocycles. The minimum Gasteiger partial charge on any atom is -0.436 e. The Labute approximate surface area is 248 Å². The topological polar surface area (TPSA) is 49.8 Å². The standard InChI is InChI=1S/C40H24N2O/c41-25-26-9-8-13-30(21-26)37-23-32(36-22-31-12-4-5-14-33(31)34-15-6-7-16-35(34)36)24-38-39(37)42-40(43-38)29-19-17-28(18-20-29)27-10-2-1-3-11-27/h1-24H. The maximum Gasteiger partial charge on any atom is 0.227 e. The van der Waals surface area contributed by atoms with Gasteiger partial charge in [0.2, 0.25) is 5.89 Å². The molecule has 200 valence electrons. The summed E-state index contributed by atoms with van der Waals surface area (Å²) in [6.45, 7) is 0. The Morgan fingerprint density at radius 2 is 1.16 bits per heavy atom. The minimum absolute atomic E-state index is 0.563. The molecule has 0 radical (unpaired) electrons. The zero-order chi connectivity index (χ0) is 28.8. The van der Waals surface area contributed by atoms with Gasteiger partial charge in [-0.1, -0.05) is 103 Å². The highest BCUT2D eigenvalue weighted by molar-refractivity contribution is 6.14. The third-order valence-corrected chi connectivity index (χ3v) is 8.12. The van der Waals surface area contributed by atoms with Gasteiger partial charge < -0.3 is 4.42 Å². The van der Waals surface area contributed by atoms with Crippen molar-refractivity contribution in [3.8, 4) is 50.9 Å². The van der Waals surface area contributed by atoms with Crippen LogP contribution in [0.15, 0.2) is 150 Å². The van der Waals surface area contributed by atoms with Crippen molar-refractivity contribution in [2.45, 2.75) is 0 Å². The number of nitriles is 1. The second-order valence-corrected chi connectivity index (χ2v) is 10.7. The Balaban J connectivity index is 1.35. The largest absolute Gasteiger partial charge is 0.436 e. The predicted molar refractivity (Wildman–Crippen MR) is 175 cm³/mol. The van der Waals surface area contributed by atoms with Crippen molar-refractivity contribution in [3.63, 3.8) is 0 Å². The van der Waals surface area contributed by atoms with Crippen LogP contribution < -0.4 is 0 Å². The van der Waals surface area contributed by atoms with Crippen molar-refractivity contribution < 1.29 is 4.42 Å². The summed E-state index contributed by atoms with van der Waals surface area (Å²) in [5.74, 6) is 0.563. The number of aromatic nitrogens is 1. The van der Waals surface area contributed by atoms with E-state index >= 15 is 0 Å². The maximum absolute atomic E-state index is 9.65. The second-order valence-electron chi connectivity index (χ2n) is 10.7. The summed E-state index contributed by atoms with van der Waals surface area (Å²) < 4.78 is 6.50. The molecule has 1 heterocycles. The molecule has 0 N–H and O–H groups in total. The number of oxazole rings is 1. The average Bonchev–Trinajstić information content (AvgIpc) is 3.52. The van der Waals surface area contributed by atoms with Crippen LogP contribution in [0.2, 0.25) is 0 Å². The van der Waals surface area contributed by atoms with Gasteiger partial charge in [0.05, 0.1) is 11.6 Å². The van der Waals surface area contributed by atoms with Gasteiger partial charge in [0, 0.05) is 11.1 Å². The van der Waals surface area contributed by atoms with Gasteiger partial charge in [-0.05, 0) is 91.8 Å². The molecule has 8 aromatic rings. The van der Waals surface area contributed by atoms with Gasteiger partial charge in [-0.2, -0.15) is 5.26 Å². The highest BCUT2D eigenvalue weighted by atomic mass is 16.3. The Hall–Kier alpha value is -5.98. The molecule has 0 fully saturated rings. The van der Waals surface area contributed by atoms with Crippen molar-refractivity contribution in [2.24, 2.45) is 0 Å². The molecule has 1 aromatic heterocycles. The zero-order valence-electron chi connectivity index (χ0n) is 23.2. The maximum atomic E-state index is 9.65. The highest BCUT2D eigenvalue weighted by Crippen LogP contribution is 2.40. The van der Waals surface area contributed by atoms with Crippen LogP contribution in [0.1, 0.15) is 5.56 Å². The van der Waals surface area contributed by atoms with E-state index in [0.29, 0.717) is 17.0 Å². The number of benzene rings is 7. The summed E-state index contributed by atoms with van der Waals surface area (Å²) in [5.41, 5.74) is 9.30. The first-order valence-corrected chi connectivity index (χ1v) is 14.3. The van der Waals surface area contributed by atoms with Gasteiger partial charge >= 0.3 is 0 Å². The van der Waals surface area contributed by atoms with Crippen molar-refractivity contribution >= 4 is 32.6 Å². The molecule has 0 saturated carbocycles. The van der Waals surface area contributed by atoms with Gasteiger partial charge in [0.15, 0.2) is 5.58 Å². The summed E-state index contributed by atoms with van der Waals surface area (Å²) >= 11 is 0. The van der Waals surface area contributed by atoms with Crippen LogP contribution in [0, 0.1) is 11.3 Å². The molecule has 0 saturated heterocycles. The van der Waals surface area contributed by atoms with Gasteiger partial charge in [-0.25, -0.2) is 4.98 Å². The monoisotopic (exact) mass is 548 g/mol. The Bertz CT molecular complexity index is 2340. The zero-order valence-corrected chi connectivity index (χ0v) is 23.2. The summed E-state index contributed by atoms with van der Waals surface area (Å²) in [4.78, 5) is 5.01. The van der Waals surface area contributed by atoms with E-state index in [1.54, 1.807) is 0 Å². The van der Waals surface area contributed by atoms with Crippen LogP contribution in [0.25, 0.3) is 77.5 Å². The molecular weight excluding hydrogens is 524 g/mol. The lowest BCUT2D eigenvalue weighted by Gasteiger charge is -2.13. The summed E-state index contributed by atoms with van der Waals surface area (Å²) in [7, 11) is 0. The fraction of sp³-hybridized carbons (Fsp3) is 0. The summed E-state index contributed by atoms with van der Waals surface area (Å²) in [5, 5.41) is 14.4. The van der Waals surface area contributed by atoms with Crippen LogP contribution >= 0.6 is 0 Å². The van der Waals surface area contributed by atoms with Crippen LogP contribution in [-0.2, 0) is 0 Å². The molecule has 0 atom stereocenters. The molecule has 3 heteroatoms. The quantitative estimate of drug-likeness (QED) is 0.206. The number of fused-ring (bicyclic) bond motifs is 4. The fourth-order valence-electron chi connectivity index (χ4n) is 6.01. The first-order chi connectivity index (χ1) is 21.2. The molecule has 0 bridgehead atoms. The molecule has 43 heavy (non-hydrogen) atoms. The highest BCUT2D eigenvalue weighted by Gasteiger charge is 2.18.